The van der Waals surface area contributed by atoms with Crippen molar-refractivity contribution in [3.8, 4) is 0 Å². The minimum absolute atomic E-state index is 0.707. The van der Waals surface area contributed by atoms with E-state index in [0.29, 0.717) is 6.04 Å². The maximum absolute atomic E-state index is 2.36. The van der Waals surface area contributed by atoms with Crippen LogP contribution in [0.1, 0.15) is 40.5 Å². The third-order valence-electron chi connectivity index (χ3n) is 3.11. The maximum Gasteiger partial charge on any atom is 0.00865 e. The minimum atomic E-state index is 0.707. The lowest BCUT2D eigenvalue weighted by atomic mass is 9.90. The predicted molar refractivity (Wildman–Crippen MR) is 56.4 cm³/mol. The van der Waals surface area contributed by atoms with Crippen molar-refractivity contribution in [3.63, 3.8) is 0 Å². The summed E-state index contributed by atoms with van der Waals surface area (Å²) >= 11 is 0. The molecule has 0 aromatic carbocycles. The van der Waals surface area contributed by atoms with Crippen LogP contribution in [0.25, 0.3) is 0 Å². The molecule has 0 heterocycles. The van der Waals surface area contributed by atoms with Crippen LogP contribution in [-0.4, -0.2) is 25.0 Å². The average molecular weight is 171 g/mol. The smallest absolute Gasteiger partial charge is 0.00865 e. The van der Waals surface area contributed by atoms with Crippen LogP contribution in [0.15, 0.2) is 0 Å². The Morgan fingerprint density at radius 1 is 1.08 bits per heavy atom. The molecular weight excluding hydrogens is 146 g/mol. The summed E-state index contributed by atoms with van der Waals surface area (Å²) in [5.74, 6) is 1.69. The summed E-state index contributed by atoms with van der Waals surface area (Å²) in [5, 5.41) is 0. The highest BCUT2D eigenvalue weighted by Gasteiger charge is 2.15. The van der Waals surface area contributed by atoms with E-state index < -0.39 is 0 Å². The molecule has 1 heteroatoms. The molecule has 0 aliphatic rings. The highest BCUT2D eigenvalue weighted by molar-refractivity contribution is 4.69. The minimum Gasteiger partial charge on any atom is -0.306 e. The zero-order chi connectivity index (χ0) is 9.72. The Hall–Kier alpha value is -0.0400. The zero-order valence-electron chi connectivity index (χ0n) is 9.59. The first-order chi connectivity index (χ1) is 5.49. The quantitative estimate of drug-likeness (QED) is 0.614. The molecule has 0 aromatic heterocycles. The van der Waals surface area contributed by atoms with Crippen LogP contribution in [0.3, 0.4) is 0 Å². The van der Waals surface area contributed by atoms with Gasteiger partial charge >= 0.3 is 0 Å². The molecule has 0 amide bonds. The first-order valence-electron chi connectivity index (χ1n) is 5.15. The second-order valence-electron chi connectivity index (χ2n) is 4.43. The summed E-state index contributed by atoms with van der Waals surface area (Å²) in [7, 11) is 4.33. The fourth-order valence-corrected chi connectivity index (χ4v) is 1.51. The number of rotatable bonds is 5. The Labute approximate surface area is 78.1 Å². The lowest BCUT2D eigenvalue weighted by molar-refractivity contribution is 0.212. The molecule has 12 heavy (non-hydrogen) atoms. The molecule has 0 bridgehead atoms. The second-order valence-corrected chi connectivity index (χ2v) is 4.43. The van der Waals surface area contributed by atoms with Crippen molar-refractivity contribution in [3.05, 3.63) is 0 Å². The van der Waals surface area contributed by atoms with Crippen LogP contribution in [0.2, 0.25) is 0 Å². The Bertz CT molecular complexity index is 110. The number of nitrogens with zero attached hydrogens (tertiary/aromatic N) is 1. The van der Waals surface area contributed by atoms with Crippen LogP contribution >= 0.6 is 0 Å². The van der Waals surface area contributed by atoms with E-state index in [9.17, 15) is 0 Å². The Morgan fingerprint density at radius 2 is 1.58 bits per heavy atom. The molecule has 3 atom stereocenters. The molecule has 0 saturated heterocycles. The van der Waals surface area contributed by atoms with Gasteiger partial charge in [0.15, 0.2) is 0 Å². The van der Waals surface area contributed by atoms with Crippen molar-refractivity contribution >= 4 is 0 Å². The summed E-state index contributed by atoms with van der Waals surface area (Å²) in [6, 6.07) is 0.707. The SMILES string of the molecule is CCC(C)CC(C)C(C)N(C)C. The predicted octanol–water partition coefficient (Wildman–Crippen LogP) is 3.01. The van der Waals surface area contributed by atoms with Gasteiger partial charge in [0.05, 0.1) is 0 Å². The Morgan fingerprint density at radius 3 is 1.92 bits per heavy atom. The van der Waals surface area contributed by atoms with Crippen molar-refractivity contribution in [2.45, 2.75) is 46.6 Å². The molecule has 0 saturated carbocycles. The summed E-state index contributed by atoms with van der Waals surface area (Å²) in [4.78, 5) is 2.31. The summed E-state index contributed by atoms with van der Waals surface area (Å²) in [6.45, 7) is 9.29. The molecule has 0 fully saturated rings. The fourth-order valence-electron chi connectivity index (χ4n) is 1.51. The van der Waals surface area contributed by atoms with Crippen LogP contribution in [0.5, 0.6) is 0 Å². The molecular formula is C11H25N. The van der Waals surface area contributed by atoms with Gasteiger partial charge in [-0.05, 0) is 39.3 Å². The fraction of sp³-hybridized carbons (Fsp3) is 1.00. The van der Waals surface area contributed by atoms with Gasteiger partial charge in [0.25, 0.3) is 0 Å². The van der Waals surface area contributed by atoms with E-state index in [0.717, 1.165) is 11.8 Å². The van der Waals surface area contributed by atoms with Gasteiger partial charge in [0.2, 0.25) is 0 Å². The van der Waals surface area contributed by atoms with Crippen molar-refractivity contribution in [1.82, 2.24) is 4.90 Å². The van der Waals surface area contributed by atoms with Crippen LogP contribution in [0, 0.1) is 11.8 Å². The molecule has 3 unspecified atom stereocenters. The lowest BCUT2D eigenvalue weighted by Crippen LogP contribution is -2.31. The average Bonchev–Trinajstić information content (AvgIpc) is 2.02. The van der Waals surface area contributed by atoms with Gasteiger partial charge in [-0.1, -0.05) is 27.2 Å². The summed E-state index contributed by atoms with van der Waals surface area (Å²) in [6.07, 6.45) is 2.67. The molecule has 0 spiro atoms. The standard InChI is InChI=1S/C11H25N/c1-7-9(2)8-10(3)11(4)12(5)6/h9-11H,7-8H2,1-6H3. The van der Waals surface area contributed by atoms with Gasteiger partial charge < -0.3 is 4.90 Å². The Kier molecular flexibility index (Phi) is 5.56. The molecule has 1 nitrogen and oxygen atoms in total. The first kappa shape index (κ1) is 12.0. The lowest BCUT2D eigenvalue weighted by Gasteiger charge is -2.28. The van der Waals surface area contributed by atoms with E-state index in [2.05, 4.69) is 46.7 Å². The van der Waals surface area contributed by atoms with E-state index in [-0.39, 0.29) is 0 Å². The van der Waals surface area contributed by atoms with E-state index in [1.165, 1.54) is 12.8 Å². The van der Waals surface area contributed by atoms with Gasteiger partial charge in [-0.2, -0.15) is 0 Å². The van der Waals surface area contributed by atoms with Crippen molar-refractivity contribution in [2.24, 2.45) is 11.8 Å². The van der Waals surface area contributed by atoms with Gasteiger partial charge in [0.1, 0.15) is 0 Å². The topological polar surface area (TPSA) is 3.24 Å². The molecule has 0 aliphatic carbocycles. The normalized spacial score (nSPS) is 19.2. The van der Waals surface area contributed by atoms with Crippen molar-refractivity contribution in [2.75, 3.05) is 14.1 Å². The van der Waals surface area contributed by atoms with Gasteiger partial charge in [-0.25, -0.2) is 0 Å². The van der Waals surface area contributed by atoms with E-state index in [1.807, 2.05) is 0 Å². The molecule has 0 rings (SSSR count). The molecule has 74 valence electrons. The van der Waals surface area contributed by atoms with Crippen LogP contribution in [-0.2, 0) is 0 Å². The zero-order valence-corrected chi connectivity index (χ0v) is 9.59. The van der Waals surface area contributed by atoms with E-state index >= 15 is 0 Å². The molecule has 0 radical (unpaired) electrons. The van der Waals surface area contributed by atoms with Gasteiger partial charge in [0, 0.05) is 6.04 Å². The molecule has 0 aromatic rings. The third-order valence-corrected chi connectivity index (χ3v) is 3.11. The summed E-state index contributed by atoms with van der Waals surface area (Å²) < 4.78 is 0. The number of hydrogen-bond donors (Lipinski definition) is 0. The van der Waals surface area contributed by atoms with E-state index in [1.54, 1.807) is 0 Å². The molecule has 0 N–H and O–H groups in total. The van der Waals surface area contributed by atoms with Crippen LogP contribution in [0.4, 0.5) is 0 Å². The van der Waals surface area contributed by atoms with Crippen molar-refractivity contribution in [1.29, 1.82) is 0 Å². The monoisotopic (exact) mass is 171 g/mol. The van der Waals surface area contributed by atoms with Gasteiger partial charge in [-0.15, -0.1) is 0 Å². The van der Waals surface area contributed by atoms with E-state index in [4.69, 9.17) is 0 Å². The van der Waals surface area contributed by atoms with Crippen LogP contribution < -0.4 is 0 Å². The summed E-state index contributed by atoms with van der Waals surface area (Å²) in [5.41, 5.74) is 0. The highest BCUT2D eigenvalue weighted by atomic mass is 15.1. The Balaban J connectivity index is 3.78. The second kappa shape index (κ2) is 5.58. The third kappa shape index (κ3) is 4.10. The van der Waals surface area contributed by atoms with Gasteiger partial charge in [-0.3, -0.25) is 0 Å². The first-order valence-corrected chi connectivity index (χ1v) is 5.15. The number of hydrogen-bond acceptors (Lipinski definition) is 1. The highest BCUT2D eigenvalue weighted by Crippen LogP contribution is 2.19. The van der Waals surface area contributed by atoms with Crippen molar-refractivity contribution < 1.29 is 0 Å². The molecule has 0 aliphatic heterocycles. The largest absolute Gasteiger partial charge is 0.306 e. The maximum atomic E-state index is 2.36.